The summed E-state index contributed by atoms with van der Waals surface area (Å²) in [6, 6.07) is 20.3. The van der Waals surface area contributed by atoms with E-state index in [-0.39, 0.29) is 0 Å². The first kappa shape index (κ1) is 11.8. The molecule has 2 aromatic rings. The summed E-state index contributed by atoms with van der Waals surface area (Å²) in [5, 5.41) is 0. The van der Waals surface area contributed by atoms with Crippen molar-refractivity contribution in [1.82, 2.24) is 0 Å². The molecule has 0 saturated heterocycles. The van der Waals surface area contributed by atoms with Crippen molar-refractivity contribution in [3.63, 3.8) is 0 Å². The quantitative estimate of drug-likeness (QED) is 0.668. The third kappa shape index (κ3) is 1.56. The Bertz CT molecular complexity index is 723. The Morgan fingerprint density at radius 1 is 0.810 bits per heavy atom. The van der Waals surface area contributed by atoms with Crippen LogP contribution in [0.15, 0.2) is 60.2 Å². The first-order valence-corrected chi connectivity index (χ1v) is 8.29. The average molecular weight is 272 g/mol. The molecule has 0 unspecified atom stereocenters. The minimum absolute atomic E-state index is 0.808. The second kappa shape index (κ2) is 4.34. The Morgan fingerprint density at radius 3 is 2.52 bits per heavy atom. The first-order chi connectivity index (χ1) is 10.4. The molecule has 0 radical (unpaired) electrons. The molecule has 0 heterocycles. The molecule has 0 bridgehead atoms. The molecule has 3 aliphatic rings. The molecule has 104 valence electrons. The van der Waals surface area contributed by atoms with E-state index >= 15 is 0 Å². The number of fused-ring (bicyclic) bond motifs is 6. The van der Waals surface area contributed by atoms with Gasteiger partial charge in [0.1, 0.15) is 0 Å². The van der Waals surface area contributed by atoms with Gasteiger partial charge in [-0.2, -0.15) is 0 Å². The van der Waals surface area contributed by atoms with Crippen LogP contribution in [0.4, 0.5) is 0 Å². The summed E-state index contributed by atoms with van der Waals surface area (Å²) < 4.78 is 0. The molecule has 1 fully saturated rings. The molecule has 0 N–H and O–H groups in total. The third-order valence-corrected chi connectivity index (χ3v) is 5.93. The van der Waals surface area contributed by atoms with Gasteiger partial charge in [-0.25, -0.2) is 0 Å². The molecule has 3 atom stereocenters. The Balaban J connectivity index is 1.62. The van der Waals surface area contributed by atoms with Gasteiger partial charge in [-0.15, -0.1) is 0 Å². The second-order valence-corrected chi connectivity index (χ2v) is 6.83. The summed E-state index contributed by atoms with van der Waals surface area (Å²) >= 11 is 0. The van der Waals surface area contributed by atoms with Crippen molar-refractivity contribution in [2.45, 2.75) is 31.6 Å². The largest absolute Gasteiger partial charge is 0.0622 e. The lowest BCUT2D eigenvalue weighted by Gasteiger charge is -2.49. The van der Waals surface area contributed by atoms with Crippen molar-refractivity contribution in [3.8, 4) is 0 Å². The molecule has 0 aromatic heterocycles. The standard InChI is InChI=1S/C21H20/c1-2-7-14(8-3-1)16-11-6-12-18-20(16)19-13-15-9-4-5-10-17(15)21(18)19/h1-5,7-10,18-19,21H,6,11-13H2/t18-,19-,21+/m1/s1. The van der Waals surface area contributed by atoms with Gasteiger partial charge in [0.25, 0.3) is 0 Å². The van der Waals surface area contributed by atoms with E-state index in [1.165, 1.54) is 31.2 Å². The molecule has 1 saturated carbocycles. The van der Waals surface area contributed by atoms with E-state index in [1.807, 2.05) is 5.57 Å². The Labute approximate surface area is 126 Å². The summed E-state index contributed by atoms with van der Waals surface area (Å²) in [4.78, 5) is 0. The average Bonchev–Trinajstić information content (AvgIpc) is 2.87. The summed E-state index contributed by atoms with van der Waals surface area (Å²) in [7, 11) is 0. The predicted octanol–water partition coefficient (Wildman–Crippen LogP) is 5.21. The lowest BCUT2D eigenvalue weighted by Crippen LogP contribution is -2.38. The molecular weight excluding hydrogens is 252 g/mol. The van der Waals surface area contributed by atoms with Gasteiger partial charge in [0.2, 0.25) is 0 Å². The van der Waals surface area contributed by atoms with Gasteiger partial charge >= 0.3 is 0 Å². The highest BCUT2D eigenvalue weighted by Crippen LogP contribution is 2.63. The van der Waals surface area contributed by atoms with Gasteiger partial charge in [-0.3, -0.25) is 0 Å². The lowest BCUT2D eigenvalue weighted by atomic mass is 9.55. The predicted molar refractivity (Wildman–Crippen MR) is 87.1 cm³/mol. The highest BCUT2D eigenvalue weighted by Gasteiger charge is 2.52. The summed E-state index contributed by atoms with van der Waals surface area (Å²) in [6.07, 6.45) is 5.34. The normalized spacial score (nSPS) is 29.4. The first-order valence-electron chi connectivity index (χ1n) is 8.29. The highest BCUT2D eigenvalue weighted by molar-refractivity contribution is 5.74. The van der Waals surface area contributed by atoms with Crippen LogP contribution in [0.2, 0.25) is 0 Å². The van der Waals surface area contributed by atoms with Crippen LogP contribution >= 0.6 is 0 Å². The fourth-order valence-corrected chi connectivity index (χ4v) is 5.15. The number of allylic oxidation sites excluding steroid dienone is 2. The zero-order valence-electron chi connectivity index (χ0n) is 12.3. The van der Waals surface area contributed by atoms with Crippen molar-refractivity contribution in [2.24, 2.45) is 11.8 Å². The molecular formula is C21H20. The van der Waals surface area contributed by atoms with E-state index in [0.29, 0.717) is 0 Å². The minimum Gasteiger partial charge on any atom is -0.0622 e. The van der Waals surface area contributed by atoms with Crippen LogP contribution in [0.5, 0.6) is 0 Å². The molecule has 0 spiro atoms. The van der Waals surface area contributed by atoms with E-state index in [0.717, 1.165) is 17.8 Å². The Morgan fingerprint density at radius 2 is 1.62 bits per heavy atom. The second-order valence-electron chi connectivity index (χ2n) is 6.83. The van der Waals surface area contributed by atoms with Gasteiger partial charge in [-0.05, 0) is 65.7 Å². The fourth-order valence-electron chi connectivity index (χ4n) is 5.15. The van der Waals surface area contributed by atoms with Crippen molar-refractivity contribution in [1.29, 1.82) is 0 Å². The van der Waals surface area contributed by atoms with Crippen molar-refractivity contribution >= 4 is 5.57 Å². The summed E-state index contributed by atoms with van der Waals surface area (Å²) in [5.74, 6) is 2.47. The Hall–Kier alpha value is -1.82. The topological polar surface area (TPSA) is 0 Å². The van der Waals surface area contributed by atoms with E-state index in [4.69, 9.17) is 0 Å². The van der Waals surface area contributed by atoms with Gasteiger partial charge in [0, 0.05) is 0 Å². The maximum Gasteiger partial charge on any atom is -0.00242 e. The molecule has 21 heavy (non-hydrogen) atoms. The molecule has 2 aromatic carbocycles. The van der Waals surface area contributed by atoms with Crippen LogP contribution < -0.4 is 0 Å². The number of hydrogen-bond acceptors (Lipinski definition) is 0. The molecule has 3 aliphatic carbocycles. The van der Waals surface area contributed by atoms with Crippen molar-refractivity contribution < 1.29 is 0 Å². The van der Waals surface area contributed by atoms with Crippen LogP contribution in [0.3, 0.4) is 0 Å². The van der Waals surface area contributed by atoms with Gasteiger partial charge < -0.3 is 0 Å². The van der Waals surface area contributed by atoms with Crippen molar-refractivity contribution in [3.05, 3.63) is 76.9 Å². The van der Waals surface area contributed by atoms with Crippen LogP contribution in [-0.2, 0) is 6.42 Å². The Kier molecular flexibility index (Phi) is 2.44. The lowest BCUT2D eigenvalue weighted by molar-refractivity contribution is 0.246. The summed E-state index contributed by atoms with van der Waals surface area (Å²) in [5.41, 5.74) is 8.24. The smallest absolute Gasteiger partial charge is 0.00242 e. The van der Waals surface area contributed by atoms with Crippen LogP contribution in [0.1, 0.15) is 41.9 Å². The van der Waals surface area contributed by atoms with Crippen LogP contribution in [-0.4, -0.2) is 0 Å². The number of rotatable bonds is 1. The maximum absolute atomic E-state index is 2.38. The number of benzene rings is 2. The third-order valence-electron chi connectivity index (χ3n) is 5.93. The van der Waals surface area contributed by atoms with E-state index < -0.39 is 0 Å². The van der Waals surface area contributed by atoms with E-state index in [2.05, 4.69) is 54.6 Å². The van der Waals surface area contributed by atoms with Crippen molar-refractivity contribution in [2.75, 3.05) is 0 Å². The van der Waals surface area contributed by atoms with E-state index in [9.17, 15) is 0 Å². The molecule has 0 amide bonds. The van der Waals surface area contributed by atoms with Crippen LogP contribution in [0.25, 0.3) is 5.57 Å². The zero-order valence-corrected chi connectivity index (χ0v) is 12.3. The summed E-state index contributed by atoms with van der Waals surface area (Å²) in [6.45, 7) is 0. The van der Waals surface area contributed by atoms with E-state index in [1.54, 1.807) is 16.7 Å². The van der Waals surface area contributed by atoms with Gasteiger partial charge in [0.05, 0.1) is 0 Å². The highest BCUT2D eigenvalue weighted by atomic mass is 14.6. The van der Waals surface area contributed by atoms with Crippen LogP contribution in [0, 0.1) is 11.8 Å². The molecule has 5 rings (SSSR count). The zero-order chi connectivity index (χ0) is 13.8. The van der Waals surface area contributed by atoms with Gasteiger partial charge in [-0.1, -0.05) is 60.2 Å². The molecule has 0 aliphatic heterocycles. The molecule has 0 nitrogen and oxygen atoms in total. The SMILES string of the molecule is c1ccc(C2=C3[C@@H](CCC2)[C@@H]2c4ccccc4C[C@H]32)cc1. The monoisotopic (exact) mass is 272 g/mol. The van der Waals surface area contributed by atoms with Gasteiger partial charge in [0.15, 0.2) is 0 Å². The minimum atomic E-state index is 0.808. The molecule has 0 heteroatoms. The maximum atomic E-state index is 2.38. The fraction of sp³-hybridized carbons (Fsp3) is 0.333. The number of hydrogen-bond donors (Lipinski definition) is 0.